The Morgan fingerprint density at radius 3 is 3.06 bits per heavy atom. The lowest BCUT2D eigenvalue weighted by molar-refractivity contribution is -0.137. The average Bonchev–Trinajstić information content (AvgIpc) is 2.74. The van der Waals surface area contributed by atoms with Gasteiger partial charge in [0.15, 0.2) is 0 Å². The van der Waals surface area contributed by atoms with Crippen LogP contribution < -0.4 is 0 Å². The van der Waals surface area contributed by atoms with Crippen molar-refractivity contribution in [2.24, 2.45) is 0 Å². The number of aliphatic carboxylic acids is 1. The fourth-order valence-electron chi connectivity index (χ4n) is 2.42. The van der Waals surface area contributed by atoms with E-state index < -0.39 is 5.97 Å². The topological polar surface area (TPSA) is 40.5 Å². The van der Waals surface area contributed by atoms with Gasteiger partial charge < -0.3 is 5.11 Å². The first-order valence-corrected chi connectivity index (χ1v) is 6.67. The molecule has 1 aliphatic rings. The highest BCUT2D eigenvalue weighted by Gasteiger charge is 2.25. The summed E-state index contributed by atoms with van der Waals surface area (Å²) in [6.45, 7) is 1.65. The van der Waals surface area contributed by atoms with E-state index in [1.165, 1.54) is 5.56 Å². The van der Waals surface area contributed by atoms with Crippen LogP contribution in [0, 0.1) is 0 Å². The van der Waals surface area contributed by atoms with Gasteiger partial charge in [-0.05, 0) is 37.1 Å². The second-order valence-corrected chi connectivity index (χ2v) is 5.31. The summed E-state index contributed by atoms with van der Waals surface area (Å²) >= 11 is 3.48. The van der Waals surface area contributed by atoms with E-state index in [0.717, 1.165) is 23.9 Å². The second-order valence-electron chi connectivity index (χ2n) is 4.39. The van der Waals surface area contributed by atoms with Crippen LogP contribution in [0.5, 0.6) is 0 Å². The number of halogens is 1. The Hall–Kier alpha value is -0.870. The van der Waals surface area contributed by atoms with Gasteiger partial charge in [0.05, 0.1) is 6.42 Å². The highest BCUT2D eigenvalue weighted by atomic mass is 79.9. The van der Waals surface area contributed by atoms with Crippen LogP contribution in [0.15, 0.2) is 28.7 Å². The molecule has 0 bridgehead atoms. The maximum atomic E-state index is 10.6. The van der Waals surface area contributed by atoms with Crippen molar-refractivity contribution in [2.45, 2.75) is 25.3 Å². The maximum Gasteiger partial charge on any atom is 0.304 e. The van der Waals surface area contributed by atoms with Crippen molar-refractivity contribution in [3.8, 4) is 0 Å². The first-order valence-electron chi connectivity index (χ1n) is 5.88. The minimum absolute atomic E-state index is 0.227. The van der Waals surface area contributed by atoms with Gasteiger partial charge in [-0.3, -0.25) is 9.69 Å². The van der Waals surface area contributed by atoms with Crippen LogP contribution in [-0.4, -0.2) is 29.1 Å². The molecule has 1 fully saturated rings. The number of likely N-dealkylation sites (tertiary alicyclic amines) is 1. The molecule has 4 heteroatoms. The summed E-state index contributed by atoms with van der Waals surface area (Å²) in [5, 5.41) is 8.74. The summed E-state index contributed by atoms with van der Waals surface area (Å²) in [6.07, 6.45) is 2.50. The molecule has 1 saturated heterocycles. The number of benzene rings is 1. The summed E-state index contributed by atoms with van der Waals surface area (Å²) in [4.78, 5) is 12.9. The van der Waals surface area contributed by atoms with E-state index in [-0.39, 0.29) is 6.42 Å². The molecule has 0 amide bonds. The van der Waals surface area contributed by atoms with Gasteiger partial charge in [-0.2, -0.15) is 0 Å². The molecular weight excluding hydrogens is 282 g/mol. The number of rotatable bonds is 4. The van der Waals surface area contributed by atoms with Gasteiger partial charge in [-0.15, -0.1) is 0 Å². The third kappa shape index (κ3) is 3.30. The predicted octanol–water partition coefficient (Wildman–Crippen LogP) is 3.06. The number of hydrogen-bond donors (Lipinski definition) is 1. The molecule has 0 aromatic heterocycles. The number of carbonyl (C=O) groups is 1. The minimum atomic E-state index is -0.718. The average molecular weight is 298 g/mol. The van der Waals surface area contributed by atoms with Crippen LogP contribution in [0.25, 0.3) is 0 Å². The van der Waals surface area contributed by atoms with E-state index in [9.17, 15) is 4.79 Å². The monoisotopic (exact) mass is 297 g/mol. The van der Waals surface area contributed by atoms with E-state index in [4.69, 9.17) is 5.11 Å². The molecule has 1 heterocycles. The van der Waals surface area contributed by atoms with Crippen LogP contribution in [-0.2, 0) is 4.79 Å². The Labute approximate surface area is 110 Å². The predicted molar refractivity (Wildman–Crippen MR) is 69.9 cm³/mol. The van der Waals surface area contributed by atoms with Crippen molar-refractivity contribution in [3.05, 3.63) is 34.3 Å². The maximum absolute atomic E-state index is 10.6. The Morgan fingerprint density at radius 1 is 1.53 bits per heavy atom. The van der Waals surface area contributed by atoms with Gasteiger partial charge in [0.2, 0.25) is 0 Å². The number of carboxylic acids is 1. The standard InChI is InChI=1S/C13H16BrNO2/c14-11-4-1-3-10(9-11)12-5-2-7-15(12)8-6-13(16)17/h1,3-4,9,12H,2,5-8H2,(H,16,17)/t12-/m1/s1. The van der Waals surface area contributed by atoms with E-state index in [0.29, 0.717) is 12.6 Å². The van der Waals surface area contributed by atoms with Crippen LogP contribution in [0.1, 0.15) is 30.9 Å². The SMILES string of the molecule is O=C(O)CCN1CCC[C@@H]1c1cccc(Br)c1. The number of carboxylic acid groups (broad SMARTS) is 1. The lowest BCUT2D eigenvalue weighted by Gasteiger charge is -2.24. The third-order valence-electron chi connectivity index (χ3n) is 3.21. The van der Waals surface area contributed by atoms with E-state index in [1.807, 2.05) is 12.1 Å². The molecule has 92 valence electrons. The van der Waals surface area contributed by atoms with Gasteiger partial charge >= 0.3 is 5.97 Å². The van der Waals surface area contributed by atoms with Crippen LogP contribution in [0.3, 0.4) is 0 Å². The van der Waals surface area contributed by atoms with Crippen molar-refractivity contribution in [2.75, 3.05) is 13.1 Å². The molecule has 0 spiro atoms. The first-order chi connectivity index (χ1) is 8.16. The zero-order valence-corrected chi connectivity index (χ0v) is 11.2. The molecule has 1 atom stereocenters. The van der Waals surface area contributed by atoms with Crippen molar-refractivity contribution in [1.82, 2.24) is 4.90 Å². The zero-order valence-electron chi connectivity index (χ0n) is 9.60. The summed E-state index contributed by atoms with van der Waals surface area (Å²) in [5.74, 6) is -0.718. The van der Waals surface area contributed by atoms with Gasteiger partial charge in [-0.1, -0.05) is 28.1 Å². The minimum Gasteiger partial charge on any atom is -0.481 e. The van der Waals surface area contributed by atoms with E-state index >= 15 is 0 Å². The van der Waals surface area contributed by atoms with Gasteiger partial charge in [-0.25, -0.2) is 0 Å². The van der Waals surface area contributed by atoms with E-state index in [2.05, 4.69) is 33.0 Å². The normalized spacial score (nSPS) is 20.6. The van der Waals surface area contributed by atoms with Gasteiger partial charge in [0, 0.05) is 17.1 Å². The second kappa shape index (κ2) is 5.65. The fraction of sp³-hybridized carbons (Fsp3) is 0.462. The zero-order chi connectivity index (χ0) is 12.3. The molecule has 0 radical (unpaired) electrons. The molecule has 17 heavy (non-hydrogen) atoms. The fourth-order valence-corrected chi connectivity index (χ4v) is 2.84. The molecule has 1 aromatic carbocycles. The molecule has 1 aromatic rings. The Kier molecular flexibility index (Phi) is 4.18. The third-order valence-corrected chi connectivity index (χ3v) is 3.70. The lowest BCUT2D eigenvalue weighted by Crippen LogP contribution is -2.26. The van der Waals surface area contributed by atoms with Crippen molar-refractivity contribution in [3.63, 3.8) is 0 Å². The summed E-state index contributed by atoms with van der Waals surface area (Å²) < 4.78 is 1.08. The molecular formula is C13H16BrNO2. The van der Waals surface area contributed by atoms with Gasteiger partial charge in [0.25, 0.3) is 0 Å². The number of nitrogens with zero attached hydrogens (tertiary/aromatic N) is 1. The Balaban J connectivity index is 2.06. The van der Waals surface area contributed by atoms with E-state index in [1.54, 1.807) is 0 Å². The molecule has 3 nitrogen and oxygen atoms in total. The van der Waals surface area contributed by atoms with Gasteiger partial charge in [0.1, 0.15) is 0 Å². The van der Waals surface area contributed by atoms with Crippen LogP contribution in [0.4, 0.5) is 0 Å². The number of hydrogen-bond acceptors (Lipinski definition) is 2. The highest BCUT2D eigenvalue weighted by Crippen LogP contribution is 2.32. The molecule has 1 N–H and O–H groups in total. The van der Waals surface area contributed by atoms with Crippen molar-refractivity contribution < 1.29 is 9.90 Å². The molecule has 0 saturated carbocycles. The molecule has 0 unspecified atom stereocenters. The molecule has 1 aliphatic heterocycles. The summed E-state index contributed by atoms with van der Waals surface area (Å²) in [6, 6.07) is 8.68. The van der Waals surface area contributed by atoms with Crippen molar-refractivity contribution >= 4 is 21.9 Å². The first kappa shape index (κ1) is 12.6. The van der Waals surface area contributed by atoms with Crippen LogP contribution >= 0.6 is 15.9 Å². The largest absolute Gasteiger partial charge is 0.481 e. The summed E-state index contributed by atoms with van der Waals surface area (Å²) in [5.41, 5.74) is 1.28. The lowest BCUT2D eigenvalue weighted by atomic mass is 10.0. The van der Waals surface area contributed by atoms with Crippen molar-refractivity contribution in [1.29, 1.82) is 0 Å². The summed E-state index contributed by atoms with van der Waals surface area (Å²) in [7, 11) is 0. The highest BCUT2D eigenvalue weighted by molar-refractivity contribution is 9.10. The van der Waals surface area contributed by atoms with Crippen LogP contribution in [0.2, 0.25) is 0 Å². The molecule has 0 aliphatic carbocycles. The smallest absolute Gasteiger partial charge is 0.304 e. The molecule has 2 rings (SSSR count). The quantitative estimate of drug-likeness (QED) is 0.928. The Bertz CT molecular complexity index is 408. The Morgan fingerprint density at radius 2 is 2.35 bits per heavy atom.